The number of anilines is 1. The Kier molecular flexibility index (Phi) is 9.11. The van der Waals surface area contributed by atoms with Crippen molar-refractivity contribution in [3.8, 4) is 0 Å². The molecule has 186 valence electrons. The van der Waals surface area contributed by atoms with Gasteiger partial charge in [0.25, 0.3) is 0 Å². The fraction of sp³-hybridized carbons (Fsp3) is 0.308. The molecule has 2 atom stereocenters. The van der Waals surface area contributed by atoms with E-state index in [0.29, 0.717) is 12.1 Å². The number of esters is 1. The Labute approximate surface area is 202 Å². The van der Waals surface area contributed by atoms with Gasteiger partial charge in [0.15, 0.2) is 0 Å². The Morgan fingerprint density at radius 1 is 1.03 bits per heavy atom. The van der Waals surface area contributed by atoms with Crippen molar-refractivity contribution in [2.75, 3.05) is 11.9 Å². The van der Waals surface area contributed by atoms with Gasteiger partial charge in [-0.1, -0.05) is 31.2 Å². The van der Waals surface area contributed by atoms with Crippen LogP contribution < -0.4 is 16.4 Å². The molecule has 0 bridgehead atoms. The zero-order valence-electron chi connectivity index (χ0n) is 19.6. The summed E-state index contributed by atoms with van der Waals surface area (Å²) in [5.41, 5.74) is 8.92. The summed E-state index contributed by atoms with van der Waals surface area (Å²) in [5.74, 6) is -2.56. The predicted octanol–water partition coefficient (Wildman–Crippen LogP) is 3.96. The molecule has 9 heteroatoms. The molecule has 0 spiro atoms. The average Bonchev–Trinajstić information content (AvgIpc) is 3.25. The Hall–Kier alpha value is -3.56. The zero-order chi connectivity index (χ0) is 25.4. The number of carbonyl (C=O) groups excluding carboxylic acids is 2. The van der Waals surface area contributed by atoms with Crippen LogP contribution in [0.25, 0.3) is 0 Å². The number of benzene rings is 2. The number of hydrogen-bond donors (Lipinski definition) is 3. The minimum atomic E-state index is -0.836. The molecule has 0 fully saturated rings. The normalized spacial score (nSPS) is 12.7. The molecule has 0 radical (unpaired) electrons. The molecule has 3 aromatic rings. The number of nitrogens with two attached hydrogens (primary N) is 1. The molecule has 1 aromatic heterocycles. The highest BCUT2D eigenvalue weighted by molar-refractivity contribution is 5.90. The lowest BCUT2D eigenvalue weighted by Crippen LogP contribution is -2.45. The summed E-state index contributed by atoms with van der Waals surface area (Å²) < 4.78 is 38.2. The van der Waals surface area contributed by atoms with Crippen molar-refractivity contribution < 1.29 is 27.5 Å². The van der Waals surface area contributed by atoms with Crippen molar-refractivity contribution in [2.24, 2.45) is 5.73 Å². The SMILES string of the molecule is CCc1cccc(CNCC(OC(=O)c2ccc(NC(C)=O)o2)C(N)Cc2cc(F)cc(F)c2)c1. The van der Waals surface area contributed by atoms with Crippen molar-refractivity contribution in [1.82, 2.24) is 5.32 Å². The lowest BCUT2D eigenvalue weighted by molar-refractivity contribution is -0.114. The topological polar surface area (TPSA) is 107 Å². The third-order valence-electron chi connectivity index (χ3n) is 5.31. The molecule has 2 unspecified atom stereocenters. The molecule has 3 rings (SSSR count). The van der Waals surface area contributed by atoms with Gasteiger partial charge in [-0.3, -0.25) is 10.1 Å². The summed E-state index contributed by atoms with van der Waals surface area (Å²) in [6.07, 6.45) is 0.152. The van der Waals surface area contributed by atoms with Crippen LogP contribution >= 0.6 is 0 Å². The van der Waals surface area contributed by atoms with Gasteiger partial charge < -0.3 is 20.2 Å². The second-order valence-corrected chi connectivity index (χ2v) is 8.24. The maximum absolute atomic E-state index is 13.6. The van der Waals surface area contributed by atoms with E-state index < -0.39 is 29.7 Å². The summed E-state index contributed by atoms with van der Waals surface area (Å²) in [7, 11) is 0. The number of ether oxygens (including phenoxy) is 1. The number of aryl methyl sites for hydroxylation is 1. The van der Waals surface area contributed by atoms with E-state index in [1.165, 1.54) is 36.8 Å². The first-order valence-corrected chi connectivity index (χ1v) is 11.3. The van der Waals surface area contributed by atoms with Crippen molar-refractivity contribution in [3.05, 3.63) is 88.7 Å². The molecular formula is C26H29F2N3O4. The van der Waals surface area contributed by atoms with Crippen LogP contribution in [0.2, 0.25) is 0 Å². The molecule has 35 heavy (non-hydrogen) atoms. The standard InChI is InChI=1S/C26H29F2N3O4/c1-3-17-5-4-6-18(9-17)14-30-15-24(22(29)12-19-10-20(27)13-21(28)11-19)35-26(33)23-7-8-25(34-23)31-16(2)32/h4-11,13,22,24,30H,3,12,14-15,29H2,1-2H3,(H,31,32). The Morgan fingerprint density at radius 3 is 2.43 bits per heavy atom. The summed E-state index contributed by atoms with van der Waals surface area (Å²) in [4.78, 5) is 23.9. The summed E-state index contributed by atoms with van der Waals surface area (Å²) >= 11 is 0. The summed E-state index contributed by atoms with van der Waals surface area (Å²) in [5, 5.41) is 5.68. The van der Waals surface area contributed by atoms with Gasteiger partial charge in [-0.25, -0.2) is 13.6 Å². The van der Waals surface area contributed by atoms with Gasteiger partial charge in [0.1, 0.15) is 17.7 Å². The number of amides is 1. The van der Waals surface area contributed by atoms with Crippen LogP contribution in [0.5, 0.6) is 0 Å². The van der Waals surface area contributed by atoms with E-state index in [0.717, 1.165) is 18.1 Å². The first-order valence-electron chi connectivity index (χ1n) is 11.3. The van der Waals surface area contributed by atoms with Crippen LogP contribution in [0.4, 0.5) is 14.7 Å². The summed E-state index contributed by atoms with van der Waals surface area (Å²) in [6, 6.07) is 13.3. The third-order valence-corrected chi connectivity index (χ3v) is 5.31. The van der Waals surface area contributed by atoms with E-state index in [-0.39, 0.29) is 30.5 Å². The predicted molar refractivity (Wildman–Crippen MR) is 128 cm³/mol. The van der Waals surface area contributed by atoms with Gasteiger partial charge in [0.05, 0.1) is 0 Å². The van der Waals surface area contributed by atoms with Crippen molar-refractivity contribution in [2.45, 2.75) is 45.4 Å². The highest BCUT2D eigenvalue weighted by atomic mass is 19.1. The number of rotatable bonds is 11. The zero-order valence-corrected chi connectivity index (χ0v) is 19.6. The lowest BCUT2D eigenvalue weighted by atomic mass is 10.0. The fourth-order valence-electron chi connectivity index (χ4n) is 3.61. The number of carbonyl (C=O) groups is 2. The van der Waals surface area contributed by atoms with Crippen LogP contribution in [0.3, 0.4) is 0 Å². The molecule has 0 aliphatic carbocycles. The first-order chi connectivity index (χ1) is 16.7. The van der Waals surface area contributed by atoms with Crippen LogP contribution in [0.15, 0.2) is 59.0 Å². The minimum Gasteiger partial charge on any atom is -0.453 e. The summed E-state index contributed by atoms with van der Waals surface area (Å²) in [6.45, 7) is 4.09. The first kappa shape index (κ1) is 26.1. The molecule has 4 N–H and O–H groups in total. The van der Waals surface area contributed by atoms with Crippen molar-refractivity contribution in [3.63, 3.8) is 0 Å². The lowest BCUT2D eigenvalue weighted by Gasteiger charge is -2.24. The van der Waals surface area contributed by atoms with Gasteiger partial charge in [-0.05, 0) is 47.7 Å². The molecule has 0 aliphatic rings. The molecule has 0 aliphatic heterocycles. The number of hydrogen-bond acceptors (Lipinski definition) is 6. The fourth-order valence-corrected chi connectivity index (χ4v) is 3.61. The van der Waals surface area contributed by atoms with Crippen LogP contribution in [0, 0.1) is 11.6 Å². The maximum Gasteiger partial charge on any atom is 0.374 e. The van der Waals surface area contributed by atoms with Crippen LogP contribution in [-0.4, -0.2) is 30.6 Å². The molecular weight excluding hydrogens is 456 g/mol. The Morgan fingerprint density at radius 2 is 1.74 bits per heavy atom. The molecule has 1 heterocycles. The number of halogens is 2. The highest BCUT2D eigenvalue weighted by Crippen LogP contribution is 2.17. The Balaban J connectivity index is 1.71. The quantitative estimate of drug-likeness (QED) is 0.355. The number of furan rings is 1. The Bertz CT molecular complexity index is 1140. The molecule has 0 saturated carbocycles. The third kappa shape index (κ3) is 8.01. The minimum absolute atomic E-state index is 0.0783. The molecule has 1 amide bonds. The van der Waals surface area contributed by atoms with E-state index in [9.17, 15) is 18.4 Å². The van der Waals surface area contributed by atoms with Gasteiger partial charge in [-0.2, -0.15) is 0 Å². The van der Waals surface area contributed by atoms with E-state index in [1.807, 2.05) is 18.2 Å². The molecule has 0 saturated heterocycles. The second kappa shape index (κ2) is 12.2. The highest BCUT2D eigenvalue weighted by Gasteiger charge is 2.25. The maximum atomic E-state index is 13.6. The molecule has 2 aromatic carbocycles. The number of nitrogens with one attached hydrogen (secondary N) is 2. The second-order valence-electron chi connectivity index (χ2n) is 8.24. The van der Waals surface area contributed by atoms with Gasteiger partial charge in [-0.15, -0.1) is 0 Å². The average molecular weight is 486 g/mol. The monoisotopic (exact) mass is 485 g/mol. The van der Waals surface area contributed by atoms with Crippen LogP contribution in [-0.2, 0) is 28.9 Å². The smallest absolute Gasteiger partial charge is 0.374 e. The van der Waals surface area contributed by atoms with Gasteiger partial charge in [0.2, 0.25) is 17.6 Å². The van der Waals surface area contributed by atoms with Gasteiger partial charge >= 0.3 is 5.97 Å². The van der Waals surface area contributed by atoms with E-state index >= 15 is 0 Å². The van der Waals surface area contributed by atoms with E-state index in [4.69, 9.17) is 14.9 Å². The van der Waals surface area contributed by atoms with Crippen molar-refractivity contribution in [1.29, 1.82) is 0 Å². The van der Waals surface area contributed by atoms with E-state index in [1.54, 1.807) is 0 Å². The van der Waals surface area contributed by atoms with E-state index in [2.05, 4.69) is 23.6 Å². The van der Waals surface area contributed by atoms with Crippen molar-refractivity contribution >= 4 is 17.8 Å². The molecule has 7 nitrogen and oxygen atoms in total. The van der Waals surface area contributed by atoms with Gasteiger partial charge in [0, 0.05) is 38.2 Å². The largest absolute Gasteiger partial charge is 0.453 e. The van der Waals surface area contributed by atoms with Crippen LogP contribution in [0.1, 0.15) is 41.1 Å².